The van der Waals surface area contributed by atoms with Gasteiger partial charge < -0.3 is 9.30 Å². The first kappa shape index (κ1) is 16.3. The van der Waals surface area contributed by atoms with E-state index in [4.69, 9.17) is 16.3 Å². The van der Waals surface area contributed by atoms with Gasteiger partial charge in [-0.2, -0.15) is 10.2 Å². The molecule has 3 heterocycles. The van der Waals surface area contributed by atoms with Gasteiger partial charge in [-0.15, -0.1) is 0 Å². The summed E-state index contributed by atoms with van der Waals surface area (Å²) in [5.74, 6) is 0.302. The van der Waals surface area contributed by atoms with E-state index in [1.807, 2.05) is 48.9 Å². The first-order valence-corrected chi connectivity index (χ1v) is 8.46. The van der Waals surface area contributed by atoms with Crippen molar-refractivity contribution in [1.82, 2.24) is 19.5 Å². The van der Waals surface area contributed by atoms with E-state index in [0.717, 1.165) is 16.5 Å². The van der Waals surface area contributed by atoms with Crippen LogP contribution in [0.2, 0.25) is 5.15 Å². The molecular formula is C19H14ClN5O. The number of ether oxygens (including phenoxy) is 1. The molecule has 1 aromatic carbocycles. The quantitative estimate of drug-likeness (QED) is 0.512. The van der Waals surface area contributed by atoms with Gasteiger partial charge in [-0.25, -0.2) is 9.97 Å². The Morgan fingerprint density at radius 3 is 2.69 bits per heavy atom. The Labute approximate surface area is 154 Å². The normalized spacial score (nSPS) is 11.0. The van der Waals surface area contributed by atoms with E-state index in [1.54, 1.807) is 0 Å². The Morgan fingerprint density at radius 1 is 1.23 bits per heavy atom. The molecule has 26 heavy (non-hydrogen) atoms. The summed E-state index contributed by atoms with van der Waals surface area (Å²) in [5, 5.41) is 10.9. The second kappa shape index (κ2) is 6.28. The average molecular weight is 364 g/mol. The van der Waals surface area contributed by atoms with Gasteiger partial charge >= 0.3 is 0 Å². The average Bonchev–Trinajstić information content (AvgIpc) is 2.95. The van der Waals surface area contributed by atoms with Crippen molar-refractivity contribution in [2.45, 2.75) is 6.92 Å². The molecule has 0 unspecified atom stereocenters. The molecule has 0 aliphatic rings. The number of hydrogen-bond acceptors (Lipinski definition) is 5. The zero-order chi connectivity index (χ0) is 18.3. The molecular weight excluding hydrogens is 350 g/mol. The van der Waals surface area contributed by atoms with Crippen LogP contribution in [0.15, 0.2) is 36.7 Å². The van der Waals surface area contributed by atoms with Crippen LogP contribution in [-0.2, 0) is 7.05 Å². The summed E-state index contributed by atoms with van der Waals surface area (Å²) in [6, 6.07) is 11.9. The van der Waals surface area contributed by atoms with Crippen LogP contribution >= 0.6 is 11.6 Å². The minimum Gasteiger partial charge on any atom is -0.477 e. The number of rotatable bonds is 3. The van der Waals surface area contributed by atoms with E-state index in [0.29, 0.717) is 39.9 Å². The van der Waals surface area contributed by atoms with Crippen molar-refractivity contribution in [2.24, 2.45) is 7.05 Å². The van der Waals surface area contributed by atoms with Gasteiger partial charge in [0.1, 0.15) is 34.6 Å². The zero-order valence-electron chi connectivity index (χ0n) is 14.2. The number of aromatic nitrogens is 4. The van der Waals surface area contributed by atoms with Crippen LogP contribution in [0, 0.1) is 11.3 Å². The van der Waals surface area contributed by atoms with Crippen LogP contribution in [0.5, 0.6) is 5.88 Å². The van der Waals surface area contributed by atoms with Crippen molar-refractivity contribution in [1.29, 1.82) is 5.26 Å². The van der Waals surface area contributed by atoms with Crippen LogP contribution in [0.1, 0.15) is 12.5 Å². The lowest BCUT2D eigenvalue weighted by Gasteiger charge is -2.11. The number of benzene rings is 1. The third-order valence-corrected chi connectivity index (χ3v) is 4.54. The predicted octanol–water partition coefficient (Wildman–Crippen LogP) is 4.11. The topological polar surface area (TPSA) is 76.6 Å². The molecule has 4 rings (SSSR count). The molecule has 0 aliphatic heterocycles. The Kier molecular flexibility index (Phi) is 3.94. The van der Waals surface area contributed by atoms with Gasteiger partial charge in [-0.05, 0) is 12.5 Å². The molecule has 0 radical (unpaired) electrons. The predicted molar refractivity (Wildman–Crippen MR) is 100 cm³/mol. The maximum absolute atomic E-state index is 9.84. The van der Waals surface area contributed by atoms with E-state index in [9.17, 15) is 5.26 Å². The summed E-state index contributed by atoms with van der Waals surface area (Å²) in [6.07, 6.45) is 1.42. The number of nitrogens with zero attached hydrogens (tertiary/aromatic N) is 5. The minimum absolute atomic E-state index is 0.302. The van der Waals surface area contributed by atoms with Gasteiger partial charge in [-0.3, -0.25) is 0 Å². The summed E-state index contributed by atoms with van der Waals surface area (Å²) >= 11 is 6.31. The Balaban J connectivity index is 2.28. The van der Waals surface area contributed by atoms with E-state index >= 15 is 0 Å². The molecule has 0 amide bonds. The molecule has 0 saturated heterocycles. The van der Waals surface area contributed by atoms with Crippen LogP contribution < -0.4 is 4.74 Å². The monoisotopic (exact) mass is 363 g/mol. The highest BCUT2D eigenvalue weighted by Gasteiger charge is 2.24. The van der Waals surface area contributed by atoms with Gasteiger partial charge in [0.15, 0.2) is 5.15 Å². The van der Waals surface area contributed by atoms with Crippen LogP contribution in [-0.4, -0.2) is 26.1 Å². The maximum Gasteiger partial charge on any atom is 0.234 e. The summed E-state index contributed by atoms with van der Waals surface area (Å²) in [7, 11) is 1.85. The van der Waals surface area contributed by atoms with Crippen molar-refractivity contribution < 1.29 is 4.74 Å². The second-order valence-corrected chi connectivity index (χ2v) is 6.06. The van der Waals surface area contributed by atoms with E-state index in [-0.39, 0.29) is 0 Å². The molecule has 0 saturated carbocycles. The molecule has 6 nitrogen and oxygen atoms in total. The summed E-state index contributed by atoms with van der Waals surface area (Å²) < 4.78 is 7.50. The van der Waals surface area contributed by atoms with Crippen LogP contribution in [0.3, 0.4) is 0 Å². The van der Waals surface area contributed by atoms with E-state index in [2.05, 4.69) is 21.0 Å². The Hall–Kier alpha value is -3.17. The lowest BCUT2D eigenvalue weighted by Crippen LogP contribution is -2.02. The number of pyridine rings is 1. The van der Waals surface area contributed by atoms with Crippen molar-refractivity contribution in [3.8, 4) is 23.1 Å². The van der Waals surface area contributed by atoms with E-state index in [1.165, 1.54) is 6.33 Å². The molecule has 7 heteroatoms. The third-order valence-electron chi connectivity index (χ3n) is 4.27. The first-order chi connectivity index (χ1) is 12.7. The van der Waals surface area contributed by atoms with Gasteiger partial charge in [0.2, 0.25) is 5.88 Å². The first-order valence-electron chi connectivity index (χ1n) is 8.08. The summed E-state index contributed by atoms with van der Waals surface area (Å²) in [6.45, 7) is 2.27. The van der Waals surface area contributed by atoms with E-state index < -0.39 is 0 Å². The van der Waals surface area contributed by atoms with Gasteiger partial charge in [0.05, 0.1) is 12.0 Å². The molecule has 0 bridgehead atoms. The highest BCUT2D eigenvalue weighted by atomic mass is 35.5. The van der Waals surface area contributed by atoms with Gasteiger partial charge in [0, 0.05) is 12.6 Å². The SMILES string of the molecule is CCOc1nc2c(c(-c3ccccc3)c1C#N)c1ncnc(Cl)c1n2C. The number of aryl methyl sites for hydroxylation is 1. The number of halogens is 1. The highest BCUT2D eigenvalue weighted by Crippen LogP contribution is 2.40. The number of nitriles is 1. The Morgan fingerprint density at radius 2 is 2.00 bits per heavy atom. The molecule has 0 aliphatic carbocycles. The van der Waals surface area contributed by atoms with Crippen LogP contribution in [0.25, 0.3) is 33.2 Å². The lowest BCUT2D eigenvalue weighted by molar-refractivity contribution is 0.327. The molecule has 0 N–H and O–H groups in total. The highest BCUT2D eigenvalue weighted by molar-refractivity contribution is 6.35. The molecule has 4 aromatic rings. The summed E-state index contributed by atoms with van der Waals surface area (Å²) in [5.41, 5.74) is 3.98. The van der Waals surface area contributed by atoms with Gasteiger partial charge in [0.25, 0.3) is 0 Å². The fourth-order valence-electron chi connectivity index (χ4n) is 3.20. The molecule has 0 spiro atoms. The molecule has 0 atom stereocenters. The molecule has 0 fully saturated rings. The smallest absolute Gasteiger partial charge is 0.234 e. The van der Waals surface area contributed by atoms with Crippen molar-refractivity contribution in [3.63, 3.8) is 0 Å². The summed E-state index contributed by atoms with van der Waals surface area (Å²) in [4.78, 5) is 13.1. The maximum atomic E-state index is 9.84. The lowest BCUT2D eigenvalue weighted by atomic mass is 9.98. The fourth-order valence-corrected chi connectivity index (χ4v) is 3.46. The standard InChI is InChI=1S/C19H14ClN5O/c1-3-26-19-12(9-21)13(11-7-5-4-6-8-11)14-15-16(17(20)23-10-22-15)25(2)18(14)24-19/h4-8,10H,3H2,1-2H3. The van der Waals surface area contributed by atoms with Crippen molar-refractivity contribution >= 4 is 33.7 Å². The Bertz CT molecular complexity index is 1180. The minimum atomic E-state index is 0.302. The van der Waals surface area contributed by atoms with Crippen molar-refractivity contribution in [2.75, 3.05) is 6.61 Å². The second-order valence-electron chi connectivity index (χ2n) is 5.70. The zero-order valence-corrected chi connectivity index (χ0v) is 14.9. The van der Waals surface area contributed by atoms with Crippen LogP contribution in [0.4, 0.5) is 0 Å². The third kappa shape index (κ3) is 2.29. The fraction of sp³-hybridized carbons (Fsp3) is 0.158. The number of fused-ring (bicyclic) bond motifs is 3. The van der Waals surface area contributed by atoms with Crippen molar-refractivity contribution in [3.05, 3.63) is 47.4 Å². The largest absolute Gasteiger partial charge is 0.477 e. The molecule has 128 valence electrons. The number of hydrogen-bond donors (Lipinski definition) is 0. The molecule has 3 aromatic heterocycles. The van der Waals surface area contributed by atoms with Gasteiger partial charge in [-0.1, -0.05) is 41.9 Å².